The van der Waals surface area contributed by atoms with Crippen LogP contribution in [-0.2, 0) is 5.41 Å². The number of aromatic nitrogens is 2. The van der Waals surface area contributed by atoms with Crippen LogP contribution in [0.2, 0.25) is 0 Å². The summed E-state index contributed by atoms with van der Waals surface area (Å²) in [5.41, 5.74) is 1.02. The highest BCUT2D eigenvalue weighted by Crippen LogP contribution is 2.60. The number of aromatic hydroxyl groups is 2. The molecular formula is C27H27N3O4. The Morgan fingerprint density at radius 3 is 2.06 bits per heavy atom. The zero-order chi connectivity index (χ0) is 23.4. The Balaban J connectivity index is 1.34. The van der Waals surface area contributed by atoms with Gasteiger partial charge in [0.25, 0.3) is 5.56 Å². The maximum absolute atomic E-state index is 12.6. The summed E-state index contributed by atoms with van der Waals surface area (Å²) in [6.07, 6.45) is 9.12. The van der Waals surface area contributed by atoms with Crippen molar-refractivity contribution in [1.29, 1.82) is 0 Å². The van der Waals surface area contributed by atoms with E-state index in [0.717, 1.165) is 22.3 Å². The molecule has 7 heteroatoms. The summed E-state index contributed by atoms with van der Waals surface area (Å²) in [5.74, 6) is 2.16. The number of H-pyrrole nitrogens is 1. The van der Waals surface area contributed by atoms with Crippen molar-refractivity contribution in [2.75, 3.05) is 0 Å². The minimum atomic E-state index is -0.716. The number of aliphatic imine (C=N–C) groups is 1. The van der Waals surface area contributed by atoms with Gasteiger partial charge in [-0.2, -0.15) is 0 Å². The minimum Gasteiger partial charge on any atom is -0.508 e. The van der Waals surface area contributed by atoms with Crippen molar-refractivity contribution in [3.05, 3.63) is 80.5 Å². The smallest absolute Gasteiger partial charge is 0.335 e. The fourth-order valence-corrected chi connectivity index (χ4v) is 7.00. The molecule has 0 atom stereocenters. The molecule has 174 valence electrons. The molecule has 0 unspecified atom stereocenters. The number of nitrogens with one attached hydrogen (secondary N) is 1. The van der Waals surface area contributed by atoms with Gasteiger partial charge in [-0.15, -0.1) is 0 Å². The van der Waals surface area contributed by atoms with Crippen molar-refractivity contribution in [2.45, 2.75) is 43.9 Å². The lowest BCUT2D eigenvalue weighted by molar-refractivity contribution is -0.00518. The molecular weight excluding hydrogens is 430 g/mol. The molecule has 7 rings (SSSR count). The van der Waals surface area contributed by atoms with E-state index in [4.69, 9.17) is 0 Å². The largest absolute Gasteiger partial charge is 0.508 e. The lowest BCUT2D eigenvalue weighted by Crippen LogP contribution is -2.48. The van der Waals surface area contributed by atoms with Crippen LogP contribution in [0, 0.1) is 17.8 Å². The average Bonchev–Trinajstić information content (AvgIpc) is 2.79. The van der Waals surface area contributed by atoms with E-state index in [1.165, 1.54) is 62.4 Å². The van der Waals surface area contributed by atoms with E-state index in [2.05, 4.69) is 22.1 Å². The first-order chi connectivity index (χ1) is 16.4. The zero-order valence-corrected chi connectivity index (χ0v) is 18.8. The van der Waals surface area contributed by atoms with Crippen molar-refractivity contribution < 1.29 is 10.2 Å². The molecule has 4 aliphatic rings. The van der Waals surface area contributed by atoms with Crippen molar-refractivity contribution in [2.24, 2.45) is 22.7 Å². The molecule has 1 heterocycles. The summed E-state index contributed by atoms with van der Waals surface area (Å²) in [4.78, 5) is 31.4. The fourth-order valence-electron chi connectivity index (χ4n) is 7.00. The number of hydrogen-bond donors (Lipinski definition) is 3. The van der Waals surface area contributed by atoms with Crippen molar-refractivity contribution >= 4 is 11.9 Å². The van der Waals surface area contributed by atoms with Crippen LogP contribution in [0.5, 0.6) is 11.6 Å². The van der Waals surface area contributed by atoms with E-state index in [9.17, 15) is 19.8 Å². The highest BCUT2D eigenvalue weighted by molar-refractivity contribution is 5.84. The third-order valence-corrected chi connectivity index (χ3v) is 8.09. The van der Waals surface area contributed by atoms with Crippen LogP contribution in [0.15, 0.2) is 63.1 Å². The Morgan fingerprint density at radius 1 is 0.882 bits per heavy atom. The molecule has 0 saturated heterocycles. The molecule has 4 fully saturated rings. The third-order valence-electron chi connectivity index (χ3n) is 8.09. The van der Waals surface area contributed by atoms with Crippen LogP contribution in [0.25, 0.3) is 5.69 Å². The van der Waals surface area contributed by atoms with Crippen LogP contribution in [0.3, 0.4) is 0 Å². The van der Waals surface area contributed by atoms with E-state index in [1.54, 1.807) is 12.1 Å². The van der Waals surface area contributed by atoms with Gasteiger partial charge in [-0.05, 0) is 104 Å². The molecule has 3 aromatic rings. The number of nitrogens with zero attached hydrogens (tertiary/aromatic N) is 2. The first-order valence-corrected chi connectivity index (χ1v) is 11.9. The molecule has 4 bridgehead atoms. The quantitative estimate of drug-likeness (QED) is 0.512. The molecule has 0 amide bonds. The van der Waals surface area contributed by atoms with Gasteiger partial charge in [0.05, 0.1) is 11.4 Å². The fraction of sp³-hybridized carbons (Fsp3) is 0.370. The predicted molar refractivity (Wildman–Crippen MR) is 130 cm³/mol. The SMILES string of the molecule is O=c1[nH]c(=O)n(-c2ccc(C34CC5CC(CC(C5)C3)C4)cc2)c(O)c1C=Nc1ccc(O)cc1. The lowest BCUT2D eigenvalue weighted by Gasteiger charge is -2.57. The maximum atomic E-state index is 12.6. The van der Waals surface area contributed by atoms with Gasteiger partial charge in [0.15, 0.2) is 0 Å². The molecule has 2 aromatic carbocycles. The van der Waals surface area contributed by atoms with E-state index < -0.39 is 17.1 Å². The molecule has 0 aliphatic heterocycles. The van der Waals surface area contributed by atoms with Crippen LogP contribution >= 0.6 is 0 Å². The van der Waals surface area contributed by atoms with Gasteiger partial charge < -0.3 is 10.2 Å². The number of benzene rings is 2. The van der Waals surface area contributed by atoms with E-state index in [1.807, 2.05) is 12.1 Å². The topological polar surface area (TPSA) is 108 Å². The Labute approximate surface area is 196 Å². The van der Waals surface area contributed by atoms with E-state index >= 15 is 0 Å². The lowest BCUT2D eigenvalue weighted by atomic mass is 9.48. The molecule has 7 nitrogen and oxygen atoms in total. The Hall–Kier alpha value is -3.61. The van der Waals surface area contributed by atoms with Gasteiger partial charge in [0, 0.05) is 6.21 Å². The number of phenolic OH excluding ortho intramolecular Hbond substituents is 1. The minimum absolute atomic E-state index is 0.102. The summed E-state index contributed by atoms with van der Waals surface area (Å²) in [6.45, 7) is 0. The molecule has 4 saturated carbocycles. The molecule has 0 radical (unpaired) electrons. The zero-order valence-electron chi connectivity index (χ0n) is 18.8. The molecule has 1 aromatic heterocycles. The number of rotatable bonds is 4. The molecule has 4 aliphatic carbocycles. The van der Waals surface area contributed by atoms with Gasteiger partial charge >= 0.3 is 5.69 Å². The van der Waals surface area contributed by atoms with Crippen LogP contribution in [0.4, 0.5) is 5.69 Å². The number of phenols is 1. The van der Waals surface area contributed by atoms with Gasteiger partial charge in [-0.25, -0.2) is 9.36 Å². The van der Waals surface area contributed by atoms with E-state index in [0.29, 0.717) is 11.4 Å². The van der Waals surface area contributed by atoms with Crippen LogP contribution < -0.4 is 11.2 Å². The summed E-state index contributed by atoms with van der Waals surface area (Å²) in [7, 11) is 0. The highest BCUT2D eigenvalue weighted by Gasteiger charge is 2.51. The maximum Gasteiger partial charge on any atom is 0.335 e. The van der Waals surface area contributed by atoms with Gasteiger partial charge in [-0.3, -0.25) is 14.8 Å². The van der Waals surface area contributed by atoms with E-state index in [-0.39, 0.29) is 16.7 Å². The third kappa shape index (κ3) is 3.47. The van der Waals surface area contributed by atoms with Crippen molar-refractivity contribution in [3.8, 4) is 17.3 Å². The van der Waals surface area contributed by atoms with Crippen LogP contribution in [0.1, 0.15) is 49.7 Å². The van der Waals surface area contributed by atoms with Gasteiger partial charge in [0.2, 0.25) is 5.88 Å². The van der Waals surface area contributed by atoms with Crippen molar-refractivity contribution in [1.82, 2.24) is 9.55 Å². The molecule has 34 heavy (non-hydrogen) atoms. The van der Waals surface area contributed by atoms with Crippen molar-refractivity contribution in [3.63, 3.8) is 0 Å². The molecule has 3 N–H and O–H groups in total. The number of aromatic amines is 1. The second kappa shape index (κ2) is 7.72. The number of hydrogen-bond acceptors (Lipinski definition) is 5. The second-order valence-corrected chi connectivity index (χ2v) is 10.4. The normalized spacial score (nSPS) is 27.5. The highest BCUT2D eigenvalue weighted by atomic mass is 16.3. The Kier molecular flexibility index (Phi) is 4.76. The predicted octanol–water partition coefficient (Wildman–Crippen LogP) is 4.16. The Bertz CT molecular complexity index is 1350. The standard InChI is InChI=1S/C27H27N3O4/c31-22-7-3-20(4-8-22)28-15-23-24(32)29-26(34)30(25(23)33)21-5-1-19(2-6-21)27-12-16-9-17(13-27)11-18(10-16)14-27/h1-8,15-18,31,33H,9-14H2,(H,29,32,34). The Morgan fingerprint density at radius 2 is 1.47 bits per heavy atom. The first-order valence-electron chi connectivity index (χ1n) is 11.9. The summed E-state index contributed by atoms with van der Waals surface area (Å²) < 4.78 is 1.10. The second-order valence-electron chi connectivity index (χ2n) is 10.4. The summed E-state index contributed by atoms with van der Waals surface area (Å²) in [6, 6.07) is 14.0. The van der Waals surface area contributed by atoms with Gasteiger partial charge in [0.1, 0.15) is 11.3 Å². The van der Waals surface area contributed by atoms with Crippen LogP contribution in [-0.4, -0.2) is 26.0 Å². The van der Waals surface area contributed by atoms with Gasteiger partial charge in [-0.1, -0.05) is 12.1 Å². The first kappa shape index (κ1) is 21.0. The molecule has 0 spiro atoms. The summed E-state index contributed by atoms with van der Waals surface area (Å²) in [5, 5.41) is 20.2. The average molecular weight is 458 g/mol. The summed E-state index contributed by atoms with van der Waals surface area (Å²) >= 11 is 0. The monoisotopic (exact) mass is 457 g/mol.